The fraction of sp³-hybridized carbons (Fsp3) is 0.471. The van der Waals surface area contributed by atoms with Gasteiger partial charge >= 0.3 is 5.97 Å². The van der Waals surface area contributed by atoms with Crippen LogP contribution in [-0.4, -0.2) is 29.4 Å². The zero-order chi connectivity index (χ0) is 15.6. The number of aliphatic hydroxyl groups is 1. The molecular formula is C17H23NO3. The molecule has 0 radical (unpaired) electrons. The van der Waals surface area contributed by atoms with Crippen LogP contribution >= 0.6 is 0 Å². The van der Waals surface area contributed by atoms with E-state index >= 15 is 0 Å². The summed E-state index contributed by atoms with van der Waals surface area (Å²) in [6.07, 6.45) is 2.18. The summed E-state index contributed by atoms with van der Waals surface area (Å²) in [5.74, 6) is -0.251. The minimum atomic E-state index is -0.251. The maximum Gasteiger partial charge on any atom is 0.310 e. The zero-order valence-corrected chi connectivity index (χ0v) is 13.1. The molecule has 0 spiro atoms. The highest BCUT2D eigenvalue weighted by Crippen LogP contribution is 2.29. The van der Waals surface area contributed by atoms with Gasteiger partial charge in [-0.25, -0.2) is 0 Å². The lowest BCUT2D eigenvalue weighted by molar-refractivity contribution is -0.139. The summed E-state index contributed by atoms with van der Waals surface area (Å²) in [6.45, 7) is 7.09. The first-order chi connectivity index (χ1) is 9.86. The van der Waals surface area contributed by atoms with Crippen molar-refractivity contribution in [3.8, 4) is 0 Å². The molecule has 0 amide bonds. The summed E-state index contributed by atoms with van der Waals surface area (Å²) in [5.41, 5.74) is 3.26. The van der Waals surface area contributed by atoms with E-state index in [4.69, 9.17) is 4.74 Å². The van der Waals surface area contributed by atoms with Crippen molar-refractivity contribution < 1.29 is 14.6 Å². The minimum Gasteiger partial charge on any atom is -0.469 e. The van der Waals surface area contributed by atoms with Crippen molar-refractivity contribution in [2.75, 3.05) is 13.7 Å². The molecule has 0 aliphatic rings. The van der Waals surface area contributed by atoms with Crippen LogP contribution < -0.4 is 0 Å². The number of hydrogen-bond acceptors (Lipinski definition) is 3. The molecule has 0 fully saturated rings. The predicted molar refractivity (Wildman–Crippen MR) is 83.4 cm³/mol. The fourth-order valence-electron chi connectivity index (χ4n) is 2.50. The van der Waals surface area contributed by atoms with Gasteiger partial charge in [0.05, 0.1) is 20.1 Å². The van der Waals surface area contributed by atoms with Crippen LogP contribution in [0.3, 0.4) is 0 Å². The lowest BCUT2D eigenvalue weighted by atomic mass is 9.86. The molecule has 0 saturated heterocycles. The number of hydrogen-bond donors (Lipinski definition) is 1. The number of rotatable bonds is 4. The molecule has 1 N–H and O–H groups in total. The Morgan fingerprint density at radius 3 is 2.62 bits per heavy atom. The monoisotopic (exact) mass is 289 g/mol. The van der Waals surface area contributed by atoms with Gasteiger partial charge in [-0.1, -0.05) is 26.8 Å². The molecule has 1 heterocycles. The summed E-state index contributed by atoms with van der Waals surface area (Å²) < 4.78 is 6.76. The third-order valence-electron chi connectivity index (χ3n) is 3.73. The van der Waals surface area contributed by atoms with Gasteiger partial charge in [-0.2, -0.15) is 0 Å². The number of esters is 1. The highest BCUT2D eigenvalue weighted by atomic mass is 16.5. The van der Waals surface area contributed by atoms with Gasteiger partial charge in [-0.15, -0.1) is 0 Å². The second-order valence-corrected chi connectivity index (χ2v) is 6.31. The first-order valence-electron chi connectivity index (χ1n) is 7.16. The largest absolute Gasteiger partial charge is 0.469 e. The van der Waals surface area contributed by atoms with Gasteiger partial charge in [-0.3, -0.25) is 4.79 Å². The summed E-state index contributed by atoms with van der Waals surface area (Å²) in [4.78, 5) is 11.6. The molecule has 1 aromatic carbocycles. The van der Waals surface area contributed by atoms with Gasteiger partial charge in [0.15, 0.2) is 0 Å². The number of fused-ring (bicyclic) bond motifs is 1. The van der Waals surface area contributed by atoms with Crippen molar-refractivity contribution >= 4 is 16.9 Å². The number of carbonyl (C=O) groups excluding carboxylic acids is 1. The van der Waals surface area contributed by atoms with Crippen LogP contribution in [0.15, 0.2) is 24.4 Å². The quantitative estimate of drug-likeness (QED) is 0.880. The fourth-order valence-corrected chi connectivity index (χ4v) is 2.50. The Labute approximate surface area is 125 Å². The Morgan fingerprint density at radius 1 is 1.33 bits per heavy atom. The van der Waals surface area contributed by atoms with E-state index in [2.05, 4.69) is 39.0 Å². The van der Waals surface area contributed by atoms with Crippen molar-refractivity contribution in [3.05, 3.63) is 35.5 Å². The molecule has 0 unspecified atom stereocenters. The molecule has 114 valence electrons. The third-order valence-corrected chi connectivity index (χ3v) is 3.73. The van der Waals surface area contributed by atoms with E-state index in [9.17, 15) is 9.90 Å². The molecule has 4 nitrogen and oxygen atoms in total. The molecular weight excluding hydrogens is 266 g/mol. The third kappa shape index (κ3) is 3.27. The maximum atomic E-state index is 11.6. The predicted octanol–water partition coefficient (Wildman–Crippen LogP) is 2.65. The van der Waals surface area contributed by atoms with Crippen LogP contribution in [0.2, 0.25) is 0 Å². The van der Waals surface area contributed by atoms with Gasteiger partial charge in [0.25, 0.3) is 0 Å². The smallest absolute Gasteiger partial charge is 0.310 e. The van der Waals surface area contributed by atoms with E-state index in [1.165, 1.54) is 12.7 Å². The summed E-state index contributed by atoms with van der Waals surface area (Å²) in [6, 6.07) is 6.31. The molecule has 2 aromatic rings. The van der Waals surface area contributed by atoms with Crippen molar-refractivity contribution in [1.82, 2.24) is 4.57 Å². The average molecular weight is 289 g/mol. The van der Waals surface area contributed by atoms with E-state index in [1.807, 2.05) is 10.8 Å². The van der Waals surface area contributed by atoms with Gasteiger partial charge in [0.2, 0.25) is 0 Å². The van der Waals surface area contributed by atoms with Crippen LogP contribution in [-0.2, 0) is 27.9 Å². The number of carbonyl (C=O) groups is 1. The Morgan fingerprint density at radius 2 is 2.05 bits per heavy atom. The van der Waals surface area contributed by atoms with Crippen molar-refractivity contribution in [3.63, 3.8) is 0 Å². The van der Waals surface area contributed by atoms with Gasteiger partial charge in [0.1, 0.15) is 0 Å². The molecule has 0 saturated carbocycles. The van der Waals surface area contributed by atoms with Crippen molar-refractivity contribution in [1.29, 1.82) is 0 Å². The molecule has 0 atom stereocenters. The van der Waals surface area contributed by atoms with E-state index in [-0.39, 0.29) is 24.4 Å². The molecule has 4 heteroatoms. The number of ether oxygens (including phenoxy) is 1. The van der Waals surface area contributed by atoms with Crippen molar-refractivity contribution in [2.24, 2.45) is 0 Å². The van der Waals surface area contributed by atoms with E-state index in [0.717, 1.165) is 16.5 Å². The highest BCUT2D eigenvalue weighted by molar-refractivity contribution is 5.88. The topological polar surface area (TPSA) is 51.5 Å². The minimum absolute atomic E-state index is 0.0514. The van der Waals surface area contributed by atoms with Crippen LogP contribution in [0, 0.1) is 0 Å². The van der Waals surface area contributed by atoms with Crippen molar-refractivity contribution in [2.45, 2.75) is 39.2 Å². The van der Waals surface area contributed by atoms with E-state index in [0.29, 0.717) is 6.54 Å². The lowest BCUT2D eigenvalue weighted by Gasteiger charge is -2.19. The van der Waals surface area contributed by atoms with Crippen LogP contribution in [0.1, 0.15) is 31.9 Å². The second kappa shape index (κ2) is 5.90. The lowest BCUT2D eigenvalue weighted by Crippen LogP contribution is -2.11. The summed E-state index contributed by atoms with van der Waals surface area (Å²) in [7, 11) is 1.40. The summed E-state index contributed by atoms with van der Waals surface area (Å²) in [5, 5.41) is 10.2. The molecule has 1 aromatic heterocycles. The number of methoxy groups -OCH3 is 1. The standard InChI is InChI=1S/C17H23NO3/c1-17(2,3)13-5-6-15-14(10-13)12(9-16(20)21-4)11-18(15)7-8-19/h5-6,10-11,19H,7-9H2,1-4H3. The van der Waals surface area contributed by atoms with Crippen LogP contribution in [0.25, 0.3) is 10.9 Å². The first-order valence-corrected chi connectivity index (χ1v) is 7.16. The maximum absolute atomic E-state index is 11.6. The van der Waals surface area contributed by atoms with Crippen LogP contribution in [0.5, 0.6) is 0 Å². The normalized spacial score (nSPS) is 11.9. The van der Waals surface area contributed by atoms with E-state index in [1.54, 1.807) is 0 Å². The van der Waals surface area contributed by atoms with Gasteiger partial charge in [-0.05, 0) is 28.7 Å². The number of aromatic nitrogens is 1. The molecule has 21 heavy (non-hydrogen) atoms. The average Bonchev–Trinajstić information content (AvgIpc) is 2.76. The molecule has 2 rings (SSSR count). The second-order valence-electron chi connectivity index (χ2n) is 6.31. The first kappa shape index (κ1) is 15.6. The number of aliphatic hydroxyl groups excluding tert-OH is 1. The van der Waals surface area contributed by atoms with Crippen LogP contribution in [0.4, 0.5) is 0 Å². The van der Waals surface area contributed by atoms with Gasteiger partial charge in [0, 0.05) is 23.6 Å². The highest BCUT2D eigenvalue weighted by Gasteiger charge is 2.17. The molecule has 0 aliphatic carbocycles. The number of benzene rings is 1. The Hall–Kier alpha value is -1.81. The Bertz CT molecular complexity index is 650. The van der Waals surface area contributed by atoms with E-state index < -0.39 is 0 Å². The number of nitrogens with zero attached hydrogens (tertiary/aromatic N) is 1. The zero-order valence-electron chi connectivity index (χ0n) is 13.1. The Balaban J connectivity index is 2.57. The SMILES string of the molecule is COC(=O)Cc1cn(CCO)c2ccc(C(C)(C)C)cc12. The summed E-state index contributed by atoms with van der Waals surface area (Å²) >= 11 is 0. The molecule has 0 aliphatic heterocycles. The molecule has 0 bridgehead atoms. The Kier molecular flexibility index (Phi) is 4.37. The van der Waals surface area contributed by atoms with Gasteiger partial charge < -0.3 is 14.4 Å².